The van der Waals surface area contributed by atoms with Gasteiger partial charge in [0.15, 0.2) is 0 Å². The third-order valence-electron chi connectivity index (χ3n) is 7.50. The number of rotatable bonds is 7. The molecule has 1 fully saturated rings. The number of aromatic amines is 1. The van der Waals surface area contributed by atoms with Gasteiger partial charge in [0.2, 0.25) is 0 Å². The fraction of sp³-hybridized carbons (Fsp3) is 0.343. The summed E-state index contributed by atoms with van der Waals surface area (Å²) >= 11 is 0. The van der Waals surface area contributed by atoms with Crippen LogP contribution in [0.15, 0.2) is 66.7 Å². The number of H-pyrrole nitrogens is 1. The quantitative estimate of drug-likeness (QED) is 0.243. The number of methoxy groups -OCH3 is 1. The standard InChI is InChI=1S/C35H39N3O5/c1-22(2)43-29-20-27(19-28(21-29)35(3,4)5)32-30(31(36-37-32)24-9-13-26(14-10-24)34(40)41-6)23-7-11-25(12-8-23)33(39)38-15-17-42-18-16-38/h7-14,19-22H,15-18H2,1-6H3,(H,36,37). The summed E-state index contributed by atoms with van der Waals surface area (Å²) in [6, 6.07) is 21.2. The zero-order valence-electron chi connectivity index (χ0n) is 25.7. The Morgan fingerprint density at radius 3 is 2.12 bits per heavy atom. The molecular weight excluding hydrogens is 542 g/mol. The second-order valence-corrected chi connectivity index (χ2v) is 12.0. The first-order chi connectivity index (χ1) is 20.5. The molecule has 1 saturated heterocycles. The summed E-state index contributed by atoms with van der Waals surface area (Å²) in [5.74, 6) is 0.384. The van der Waals surface area contributed by atoms with E-state index in [1.807, 2.05) is 61.2 Å². The Morgan fingerprint density at radius 2 is 1.51 bits per heavy atom. The number of nitrogens with zero attached hydrogens (tertiary/aromatic N) is 2. The lowest BCUT2D eigenvalue weighted by Gasteiger charge is -2.26. The van der Waals surface area contributed by atoms with E-state index in [2.05, 4.69) is 38.0 Å². The Labute approximate surface area is 253 Å². The minimum atomic E-state index is -0.397. The Kier molecular flexibility index (Phi) is 8.69. The van der Waals surface area contributed by atoms with Gasteiger partial charge in [-0.3, -0.25) is 9.89 Å². The van der Waals surface area contributed by atoms with Gasteiger partial charge in [-0.25, -0.2) is 4.79 Å². The lowest BCUT2D eigenvalue weighted by Crippen LogP contribution is -2.40. The maximum absolute atomic E-state index is 13.1. The van der Waals surface area contributed by atoms with Crippen molar-refractivity contribution in [3.63, 3.8) is 0 Å². The van der Waals surface area contributed by atoms with Gasteiger partial charge in [-0.1, -0.05) is 45.0 Å². The third kappa shape index (κ3) is 6.65. The fourth-order valence-electron chi connectivity index (χ4n) is 5.17. The van der Waals surface area contributed by atoms with Crippen LogP contribution in [0.4, 0.5) is 0 Å². The number of benzene rings is 3. The van der Waals surface area contributed by atoms with Gasteiger partial charge in [0.25, 0.3) is 5.91 Å². The molecule has 1 amide bonds. The van der Waals surface area contributed by atoms with E-state index in [1.54, 1.807) is 12.1 Å². The van der Waals surface area contributed by atoms with Gasteiger partial charge in [0.1, 0.15) is 11.4 Å². The molecule has 3 aromatic carbocycles. The molecule has 8 heteroatoms. The van der Waals surface area contributed by atoms with Gasteiger partial charge in [-0.05, 0) is 72.9 Å². The van der Waals surface area contributed by atoms with Crippen molar-refractivity contribution in [3.8, 4) is 39.4 Å². The number of aromatic nitrogens is 2. The lowest BCUT2D eigenvalue weighted by molar-refractivity contribution is 0.0303. The molecule has 0 bridgehead atoms. The molecule has 224 valence electrons. The van der Waals surface area contributed by atoms with E-state index in [-0.39, 0.29) is 17.4 Å². The van der Waals surface area contributed by atoms with Crippen LogP contribution < -0.4 is 4.74 Å². The molecule has 8 nitrogen and oxygen atoms in total. The molecular formula is C35H39N3O5. The van der Waals surface area contributed by atoms with Crippen molar-refractivity contribution in [2.75, 3.05) is 33.4 Å². The summed E-state index contributed by atoms with van der Waals surface area (Å²) < 4.78 is 16.5. The molecule has 1 aliphatic heterocycles. The number of nitrogens with one attached hydrogen (secondary N) is 1. The number of carbonyl (C=O) groups excluding carboxylic acids is 2. The molecule has 1 aliphatic rings. The number of carbonyl (C=O) groups is 2. The van der Waals surface area contributed by atoms with Crippen LogP contribution in [0.1, 0.15) is 60.9 Å². The first kappa shape index (κ1) is 30.0. The molecule has 5 rings (SSSR count). The molecule has 0 saturated carbocycles. The highest BCUT2D eigenvalue weighted by molar-refractivity contribution is 5.97. The predicted octanol–water partition coefficient (Wildman–Crippen LogP) is 6.75. The van der Waals surface area contributed by atoms with E-state index in [0.717, 1.165) is 45.0 Å². The average Bonchev–Trinajstić information content (AvgIpc) is 3.45. The SMILES string of the molecule is COC(=O)c1ccc(-c2n[nH]c(-c3cc(OC(C)C)cc(C(C)(C)C)c3)c2-c2ccc(C(=O)N3CCOCC3)cc2)cc1. The molecule has 43 heavy (non-hydrogen) atoms. The minimum absolute atomic E-state index is 0.00533. The maximum atomic E-state index is 13.1. The van der Waals surface area contributed by atoms with E-state index in [4.69, 9.17) is 19.3 Å². The maximum Gasteiger partial charge on any atom is 0.337 e. The highest BCUT2D eigenvalue weighted by Crippen LogP contribution is 2.41. The summed E-state index contributed by atoms with van der Waals surface area (Å²) in [5.41, 5.74) is 7.24. The molecule has 4 aromatic rings. The summed E-state index contributed by atoms with van der Waals surface area (Å²) in [6.07, 6.45) is 0.0183. The van der Waals surface area contributed by atoms with Crippen molar-refractivity contribution in [2.24, 2.45) is 0 Å². The van der Waals surface area contributed by atoms with E-state index < -0.39 is 5.97 Å². The summed E-state index contributed by atoms with van der Waals surface area (Å²) in [6.45, 7) is 12.8. The van der Waals surface area contributed by atoms with Crippen LogP contribution in [0.5, 0.6) is 5.75 Å². The number of hydrogen-bond donors (Lipinski definition) is 1. The van der Waals surface area contributed by atoms with Crippen LogP contribution in [0.25, 0.3) is 33.6 Å². The Morgan fingerprint density at radius 1 is 0.884 bits per heavy atom. The van der Waals surface area contributed by atoms with Gasteiger partial charge >= 0.3 is 5.97 Å². The Balaban J connectivity index is 1.63. The topological polar surface area (TPSA) is 93.8 Å². The van der Waals surface area contributed by atoms with Crippen molar-refractivity contribution in [1.82, 2.24) is 15.1 Å². The van der Waals surface area contributed by atoms with Crippen molar-refractivity contribution in [3.05, 3.63) is 83.4 Å². The number of ether oxygens (including phenoxy) is 3. The van der Waals surface area contributed by atoms with Gasteiger partial charge in [-0.2, -0.15) is 5.10 Å². The van der Waals surface area contributed by atoms with Crippen LogP contribution in [-0.2, 0) is 14.9 Å². The fourth-order valence-corrected chi connectivity index (χ4v) is 5.17. The number of hydrogen-bond acceptors (Lipinski definition) is 6. The molecule has 1 N–H and O–H groups in total. The number of amides is 1. The van der Waals surface area contributed by atoms with Crippen molar-refractivity contribution >= 4 is 11.9 Å². The molecule has 0 atom stereocenters. The Bertz CT molecular complexity index is 1590. The van der Waals surface area contributed by atoms with E-state index >= 15 is 0 Å². The predicted molar refractivity (Wildman–Crippen MR) is 167 cm³/mol. The minimum Gasteiger partial charge on any atom is -0.491 e. The first-order valence-electron chi connectivity index (χ1n) is 14.6. The molecule has 0 aliphatic carbocycles. The van der Waals surface area contributed by atoms with E-state index in [9.17, 15) is 9.59 Å². The smallest absolute Gasteiger partial charge is 0.337 e. The number of morpholine rings is 1. The molecule has 0 spiro atoms. The summed E-state index contributed by atoms with van der Waals surface area (Å²) in [4.78, 5) is 27.0. The van der Waals surface area contributed by atoms with Crippen LogP contribution in [0.2, 0.25) is 0 Å². The molecule has 0 radical (unpaired) electrons. The molecule has 1 aromatic heterocycles. The van der Waals surface area contributed by atoms with Crippen LogP contribution in [0, 0.1) is 0 Å². The van der Waals surface area contributed by atoms with Gasteiger partial charge < -0.3 is 19.1 Å². The highest BCUT2D eigenvalue weighted by Gasteiger charge is 2.24. The largest absolute Gasteiger partial charge is 0.491 e. The summed E-state index contributed by atoms with van der Waals surface area (Å²) in [5, 5.41) is 8.07. The second-order valence-electron chi connectivity index (χ2n) is 12.0. The van der Waals surface area contributed by atoms with Gasteiger partial charge in [0, 0.05) is 35.3 Å². The molecule has 0 unspecified atom stereocenters. The van der Waals surface area contributed by atoms with Gasteiger partial charge in [-0.15, -0.1) is 0 Å². The Hall–Kier alpha value is -4.43. The van der Waals surface area contributed by atoms with Crippen molar-refractivity contribution in [1.29, 1.82) is 0 Å². The highest BCUT2D eigenvalue weighted by atomic mass is 16.5. The molecule has 2 heterocycles. The number of esters is 1. The van der Waals surface area contributed by atoms with E-state index in [0.29, 0.717) is 37.4 Å². The second kappa shape index (κ2) is 12.4. The summed E-state index contributed by atoms with van der Waals surface area (Å²) in [7, 11) is 1.37. The van der Waals surface area contributed by atoms with E-state index in [1.165, 1.54) is 7.11 Å². The monoisotopic (exact) mass is 581 g/mol. The first-order valence-corrected chi connectivity index (χ1v) is 14.6. The third-order valence-corrected chi connectivity index (χ3v) is 7.50. The zero-order chi connectivity index (χ0) is 30.7. The van der Waals surface area contributed by atoms with Crippen LogP contribution in [-0.4, -0.2) is 66.5 Å². The normalized spacial score (nSPS) is 13.7. The van der Waals surface area contributed by atoms with Crippen molar-refractivity contribution in [2.45, 2.75) is 46.1 Å². The van der Waals surface area contributed by atoms with Crippen molar-refractivity contribution < 1.29 is 23.8 Å². The average molecular weight is 582 g/mol. The van der Waals surface area contributed by atoms with Crippen LogP contribution >= 0.6 is 0 Å². The lowest BCUT2D eigenvalue weighted by atomic mass is 9.85. The van der Waals surface area contributed by atoms with Gasteiger partial charge in [0.05, 0.1) is 37.7 Å². The van der Waals surface area contributed by atoms with Crippen LogP contribution in [0.3, 0.4) is 0 Å². The zero-order valence-corrected chi connectivity index (χ0v) is 25.7.